The van der Waals surface area contributed by atoms with Gasteiger partial charge in [-0.2, -0.15) is 0 Å². The van der Waals surface area contributed by atoms with Gasteiger partial charge in [-0.1, -0.05) is 33.3 Å². The standard InChI is InChI=1S/C14H22O4/c1-4-6-14(18-9-13(16)17)7-5-11(10(2)3)8-12(14)15/h5,7-8,10,12,15H,4,6,9H2,1-3H3,(H,16,17). The molecule has 18 heavy (non-hydrogen) atoms. The molecule has 4 nitrogen and oxygen atoms in total. The maximum atomic E-state index is 10.6. The summed E-state index contributed by atoms with van der Waals surface area (Å²) < 4.78 is 5.43. The summed E-state index contributed by atoms with van der Waals surface area (Å²) in [5, 5.41) is 18.9. The molecule has 1 aliphatic rings. The summed E-state index contributed by atoms with van der Waals surface area (Å²) in [6, 6.07) is 0. The fourth-order valence-electron chi connectivity index (χ4n) is 2.12. The predicted octanol–water partition coefficient (Wildman–Crippen LogP) is 2.14. The molecule has 2 N–H and O–H groups in total. The Bertz CT molecular complexity index is 357. The summed E-state index contributed by atoms with van der Waals surface area (Å²) in [7, 11) is 0. The fourth-order valence-corrected chi connectivity index (χ4v) is 2.12. The molecule has 0 saturated heterocycles. The van der Waals surface area contributed by atoms with Crippen molar-refractivity contribution in [3.8, 4) is 0 Å². The van der Waals surface area contributed by atoms with Gasteiger partial charge in [-0.25, -0.2) is 4.79 Å². The number of ether oxygens (including phenoxy) is 1. The van der Waals surface area contributed by atoms with E-state index in [0.29, 0.717) is 12.3 Å². The van der Waals surface area contributed by atoms with Crippen LogP contribution >= 0.6 is 0 Å². The maximum Gasteiger partial charge on any atom is 0.329 e. The number of allylic oxidation sites excluding steroid dienone is 2. The van der Waals surface area contributed by atoms with E-state index < -0.39 is 24.3 Å². The van der Waals surface area contributed by atoms with E-state index in [1.54, 1.807) is 12.2 Å². The second-order valence-electron chi connectivity index (χ2n) is 4.99. The second kappa shape index (κ2) is 6.16. The predicted molar refractivity (Wildman–Crippen MR) is 69.3 cm³/mol. The number of carboxylic acid groups (broad SMARTS) is 1. The zero-order valence-electron chi connectivity index (χ0n) is 11.2. The van der Waals surface area contributed by atoms with Gasteiger partial charge in [0.2, 0.25) is 0 Å². The van der Waals surface area contributed by atoms with Crippen molar-refractivity contribution in [2.75, 3.05) is 6.61 Å². The minimum absolute atomic E-state index is 0.329. The minimum Gasteiger partial charge on any atom is -0.480 e. The summed E-state index contributed by atoms with van der Waals surface area (Å²) in [6.07, 6.45) is 6.11. The molecule has 0 heterocycles. The Hall–Kier alpha value is -1.13. The molecule has 1 rings (SSSR count). The van der Waals surface area contributed by atoms with Gasteiger partial charge in [-0.05, 0) is 30.1 Å². The number of aliphatic hydroxyl groups is 1. The number of hydrogen-bond acceptors (Lipinski definition) is 3. The Kier molecular flexibility index (Phi) is 5.11. The smallest absolute Gasteiger partial charge is 0.329 e. The number of aliphatic hydroxyl groups excluding tert-OH is 1. The largest absolute Gasteiger partial charge is 0.480 e. The van der Waals surface area contributed by atoms with Crippen LogP contribution in [0.5, 0.6) is 0 Å². The average Bonchev–Trinajstić information content (AvgIpc) is 2.29. The number of rotatable bonds is 6. The molecular weight excluding hydrogens is 232 g/mol. The van der Waals surface area contributed by atoms with Gasteiger partial charge in [-0.15, -0.1) is 0 Å². The molecule has 0 radical (unpaired) electrons. The van der Waals surface area contributed by atoms with Crippen molar-refractivity contribution in [3.05, 3.63) is 23.8 Å². The number of aliphatic carboxylic acids is 1. The third-order valence-corrected chi connectivity index (χ3v) is 3.18. The van der Waals surface area contributed by atoms with Crippen molar-refractivity contribution < 1.29 is 19.7 Å². The molecule has 0 amide bonds. The third kappa shape index (κ3) is 3.43. The van der Waals surface area contributed by atoms with Crippen molar-refractivity contribution in [1.29, 1.82) is 0 Å². The molecule has 0 fully saturated rings. The lowest BCUT2D eigenvalue weighted by molar-refractivity contribution is -0.152. The number of carboxylic acids is 1. The summed E-state index contributed by atoms with van der Waals surface area (Å²) >= 11 is 0. The highest BCUT2D eigenvalue weighted by Crippen LogP contribution is 2.32. The Morgan fingerprint density at radius 1 is 1.56 bits per heavy atom. The first-order valence-electron chi connectivity index (χ1n) is 6.36. The summed E-state index contributed by atoms with van der Waals surface area (Å²) in [5.74, 6) is -0.695. The zero-order valence-corrected chi connectivity index (χ0v) is 11.2. The van der Waals surface area contributed by atoms with Crippen LogP contribution in [-0.4, -0.2) is 34.5 Å². The quantitative estimate of drug-likeness (QED) is 0.762. The summed E-state index contributed by atoms with van der Waals surface area (Å²) in [6.45, 7) is 5.68. The van der Waals surface area contributed by atoms with Crippen molar-refractivity contribution in [2.24, 2.45) is 5.92 Å². The molecule has 2 unspecified atom stereocenters. The topological polar surface area (TPSA) is 66.8 Å². The first kappa shape index (κ1) is 14.9. The van der Waals surface area contributed by atoms with Gasteiger partial charge in [0.25, 0.3) is 0 Å². The van der Waals surface area contributed by atoms with E-state index in [0.717, 1.165) is 12.0 Å². The molecular formula is C14H22O4. The molecule has 0 aliphatic heterocycles. The number of hydrogen-bond donors (Lipinski definition) is 2. The highest BCUT2D eigenvalue weighted by atomic mass is 16.5. The monoisotopic (exact) mass is 254 g/mol. The molecule has 2 atom stereocenters. The maximum absolute atomic E-state index is 10.6. The van der Waals surface area contributed by atoms with Crippen LogP contribution in [0.1, 0.15) is 33.6 Å². The van der Waals surface area contributed by atoms with Gasteiger partial charge >= 0.3 is 5.97 Å². The van der Waals surface area contributed by atoms with E-state index in [-0.39, 0.29) is 0 Å². The lowest BCUT2D eigenvalue weighted by Crippen LogP contribution is -2.45. The molecule has 102 valence electrons. The van der Waals surface area contributed by atoms with Crippen molar-refractivity contribution >= 4 is 5.97 Å². The molecule has 0 aromatic heterocycles. The lowest BCUT2D eigenvalue weighted by Gasteiger charge is -2.36. The summed E-state index contributed by atoms with van der Waals surface area (Å²) in [4.78, 5) is 10.6. The van der Waals surface area contributed by atoms with E-state index in [1.807, 2.05) is 26.8 Å². The van der Waals surface area contributed by atoms with Crippen molar-refractivity contribution in [1.82, 2.24) is 0 Å². The highest BCUT2D eigenvalue weighted by molar-refractivity contribution is 5.68. The van der Waals surface area contributed by atoms with E-state index in [9.17, 15) is 9.90 Å². The van der Waals surface area contributed by atoms with Crippen LogP contribution < -0.4 is 0 Å². The normalized spacial score (nSPS) is 27.4. The lowest BCUT2D eigenvalue weighted by atomic mass is 9.83. The van der Waals surface area contributed by atoms with Gasteiger partial charge in [0, 0.05) is 0 Å². The molecule has 0 bridgehead atoms. The zero-order chi connectivity index (χ0) is 13.8. The van der Waals surface area contributed by atoms with Gasteiger partial charge in [0.1, 0.15) is 18.3 Å². The fraction of sp³-hybridized carbons (Fsp3) is 0.643. The Balaban J connectivity index is 2.87. The van der Waals surface area contributed by atoms with Crippen LogP contribution in [0.25, 0.3) is 0 Å². The Labute approximate surface area is 108 Å². The number of carbonyl (C=O) groups is 1. The Morgan fingerprint density at radius 2 is 2.22 bits per heavy atom. The van der Waals surface area contributed by atoms with E-state index in [4.69, 9.17) is 9.84 Å². The first-order chi connectivity index (χ1) is 8.41. The SMILES string of the molecule is CCCC1(OCC(=O)O)C=CC(C(C)C)=CC1O. The van der Waals surface area contributed by atoms with Crippen LogP contribution in [0.4, 0.5) is 0 Å². The van der Waals surface area contributed by atoms with E-state index >= 15 is 0 Å². The van der Waals surface area contributed by atoms with Gasteiger partial charge in [-0.3, -0.25) is 0 Å². The summed E-state index contributed by atoms with van der Waals surface area (Å²) in [5.41, 5.74) is 0.152. The van der Waals surface area contributed by atoms with Crippen LogP contribution in [0, 0.1) is 5.92 Å². The van der Waals surface area contributed by atoms with Crippen LogP contribution in [-0.2, 0) is 9.53 Å². The van der Waals surface area contributed by atoms with Crippen LogP contribution in [0.2, 0.25) is 0 Å². The first-order valence-corrected chi connectivity index (χ1v) is 6.36. The van der Waals surface area contributed by atoms with Crippen molar-refractivity contribution in [2.45, 2.75) is 45.3 Å². The highest BCUT2D eigenvalue weighted by Gasteiger charge is 2.37. The van der Waals surface area contributed by atoms with E-state index in [1.165, 1.54) is 0 Å². The van der Waals surface area contributed by atoms with Gasteiger partial charge < -0.3 is 14.9 Å². The molecule has 0 spiro atoms. The molecule has 4 heteroatoms. The van der Waals surface area contributed by atoms with Gasteiger partial charge in [0.15, 0.2) is 0 Å². The molecule has 1 aliphatic carbocycles. The van der Waals surface area contributed by atoms with Crippen LogP contribution in [0.3, 0.4) is 0 Å². The Morgan fingerprint density at radius 3 is 2.67 bits per heavy atom. The third-order valence-electron chi connectivity index (χ3n) is 3.18. The molecule has 0 aromatic carbocycles. The average molecular weight is 254 g/mol. The van der Waals surface area contributed by atoms with Crippen molar-refractivity contribution in [3.63, 3.8) is 0 Å². The molecule has 0 aromatic rings. The second-order valence-corrected chi connectivity index (χ2v) is 4.99. The van der Waals surface area contributed by atoms with Crippen LogP contribution in [0.15, 0.2) is 23.8 Å². The molecule has 0 saturated carbocycles. The van der Waals surface area contributed by atoms with Gasteiger partial charge in [0.05, 0.1) is 0 Å². The minimum atomic E-state index is -1.02. The van der Waals surface area contributed by atoms with E-state index in [2.05, 4.69) is 0 Å².